The van der Waals surface area contributed by atoms with Crippen LogP contribution in [0.2, 0.25) is 0 Å². The van der Waals surface area contributed by atoms with Gasteiger partial charge >= 0.3 is 0 Å². The van der Waals surface area contributed by atoms with Gasteiger partial charge in [0.25, 0.3) is 5.91 Å². The number of nitrogens with one attached hydrogen (secondary N) is 2. The lowest BCUT2D eigenvalue weighted by Crippen LogP contribution is -2.40. The molecule has 3 rings (SSSR count). The monoisotopic (exact) mass is 427 g/mol. The number of carbonyl (C=O) groups is 1. The summed E-state index contributed by atoms with van der Waals surface area (Å²) < 4.78 is 32.6. The second kappa shape index (κ2) is 7.28. The van der Waals surface area contributed by atoms with Crippen LogP contribution in [0.4, 0.5) is 5.69 Å². The molecule has 0 saturated carbocycles. The maximum Gasteiger partial charge on any atom is 0.272 e. The molecule has 7 nitrogen and oxygen atoms in total. The van der Waals surface area contributed by atoms with Crippen LogP contribution in [0.5, 0.6) is 0 Å². The second-order valence-electron chi connectivity index (χ2n) is 5.68. The molecule has 0 aliphatic carbocycles. The minimum absolute atomic E-state index is 0.0746. The number of rotatable bonds is 4. The van der Waals surface area contributed by atoms with Gasteiger partial charge in [-0.3, -0.25) is 4.79 Å². The Balaban J connectivity index is 1.78. The van der Waals surface area contributed by atoms with Crippen LogP contribution in [0.1, 0.15) is 16.1 Å². The number of H-pyrrole nitrogens is 1. The van der Waals surface area contributed by atoms with Crippen LogP contribution in [0.25, 0.3) is 0 Å². The van der Waals surface area contributed by atoms with Gasteiger partial charge in [0.2, 0.25) is 10.0 Å². The summed E-state index contributed by atoms with van der Waals surface area (Å²) >= 11 is 3.36. The maximum absolute atomic E-state index is 12.6. The van der Waals surface area contributed by atoms with E-state index in [1.54, 1.807) is 6.07 Å². The number of hydrogen-bond acceptors (Lipinski definition) is 4. The van der Waals surface area contributed by atoms with E-state index < -0.39 is 15.9 Å². The molecule has 1 fully saturated rings. The molecular formula is C16H18BrN3O4S. The summed E-state index contributed by atoms with van der Waals surface area (Å²) in [7, 11) is -3.63. The molecule has 0 radical (unpaired) electrons. The van der Waals surface area contributed by atoms with Crippen molar-refractivity contribution in [1.82, 2.24) is 9.29 Å². The lowest BCUT2D eigenvalue weighted by atomic mass is 10.2. The summed E-state index contributed by atoms with van der Waals surface area (Å²) in [6.45, 7) is 3.25. The molecule has 9 heteroatoms. The molecule has 1 aromatic carbocycles. The van der Waals surface area contributed by atoms with E-state index in [0.29, 0.717) is 32.0 Å². The van der Waals surface area contributed by atoms with E-state index in [4.69, 9.17) is 4.74 Å². The van der Waals surface area contributed by atoms with Gasteiger partial charge in [0.05, 0.1) is 13.2 Å². The molecule has 1 aliphatic heterocycles. The molecule has 0 bridgehead atoms. The third-order valence-corrected chi connectivity index (χ3v) is 6.33. The minimum Gasteiger partial charge on any atom is -0.379 e. The van der Waals surface area contributed by atoms with Crippen molar-refractivity contribution in [2.45, 2.75) is 11.8 Å². The number of halogens is 1. The average Bonchev–Trinajstić information content (AvgIpc) is 3.10. The van der Waals surface area contributed by atoms with Crippen molar-refractivity contribution in [3.63, 3.8) is 0 Å². The molecule has 134 valence electrons. The van der Waals surface area contributed by atoms with E-state index in [1.165, 1.54) is 16.6 Å². The van der Waals surface area contributed by atoms with E-state index >= 15 is 0 Å². The molecule has 2 aromatic rings. The Morgan fingerprint density at radius 2 is 2.00 bits per heavy atom. The number of morpholine rings is 1. The number of aromatic nitrogens is 1. The highest BCUT2D eigenvalue weighted by atomic mass is 79.9. The summed E-state index contributed by atoms with van der Waals surface area (Å²) in [6, 6.07) is 6.91. The fourth-order valence-corrected chi connectivity index (χ4v) is 4.27. The van der Waals surface area contributed by atoms with Crippen LogP contribution in [0.15, 0.2) is 39.8 Å². The van der Waals surface area contributed by atoms with E-state index in [1.807, 2.05) is 19.1 Å². The first kappa shape index (κ1) is 18.1. The number of carbonyl (C=O) groups excluding carboxylic acids is 1. The Bertz CT molecular complexity index is 889. The number of anilines is 1. The number of aryl methyl sites for hydroxylation is 1. The zero-order valence-electron chi connectivity index (χ0n) is 13.6. The van der Waals surface area contributed by atoms with Gasteiger partial charge in [-0.25, -0.2) is 8.42 Å². The Morgan fingerprint density at radius 3 is 2.72 bits per heavy atom. The Labute approximate surface area is 154 Å². The van der Waals surface area contributed by atoms with Gasteiger partial charge in [0.1, 0.15) is 10.6 Å². The maximum atomic E-state index is 12.6. The molecule has 2 heterocycles. The first-order chi connectivity index (χ1) is 11.9. The van der Waals surface area contributed by atoms with Crippen molar-refractivity contribution in [2.75, 3.05) is 31.6 Å². The smallest absolute Gasteiger partial charge is 0.272 e. The lowest BCUT2D eigenvalue weighted by molar-refractivity contribution is 0.0730. The predicted molar refractivity (Wildman–Crippen MR) is 97.2 cm³/mol. The number of sulfonamides is 1. The Hall–Kier alpha value is -1.68. The number of benzene rings is 1. The average molecular weight is 428 g/mol. The molecule has 1 aliphatic rings. The lowest BCUT2D eigenvalue weighted by Gasteiger charge is -2.25. The zero-order chi connectivity index (χ0) is 18.0. The van der Waals surface area contributed by atoms with Gasteiger partial charge < -0.3 is 15.0 Å². The van der Waals surface area contributed by atoms with Gasteiger partial charge in [-0.15, -0.1) is 0 Å². The highest BCUT2D eigenvalue weighted by molar-refractivity contribution is 9.10. The van der Waals surface area contributed by atoms with Crippen LogP contribution >= 0.6 is 15.9 Å². The first-order valence-electron chi connectivity index (χ1n) is 7.72. The SMILES string of the molecule is Cc1ccc(Br)cc1NC(=O)c1cc(S(=O)(=O)N2CCOCC2)c[nH]1. The first-order valence-corrected chi connectivity index (χ1v) is 9.95. The Morgan fingerprint density at radius 1 is 1.28 bits per heavy atom. The standard InChI is InChI=1S/C16H18BrN3O4S/c1-11-2-3-12(17)8-14(11)19-16(21)15-9-13(10-18-15)25(22,23)20-4-6-24-7-5-20/h2-3,8-10,18H,4-7H2,1H3,(H,19,21). The number of ether oxygens (including phenoxy) is 1. The van der Waals surface area contributed by atoms with E-state index in [-0.39, 0.29) is 10.6 Å². The molecular weight excluding hydrogens is 410 g/mol. The fraction of sp³-hybridized carbons (Fsp3) is 0.312. The van der Waals surface area contributed by atoms with Crippen molar-refractivity contribution in [3.05, 3.63) is 46.2 Å². The van der Waals surface area contributed by atoms with E-state index in [0.717, 1.165) is 10.0 Å². The van der Waals surface area contributed by atoms with Gasteiger partial charge in [-0.1, -0.05) is 22.0 Å². The third kappa shape index (κ3) is 3.95. The van der Waals surface area contributed by atoms with Crippen LogP contribution in [-0.2, 0) is 14.8 Å². The highest BCUT2D eigenvalue weighted by Crippen LogP contribution is 2.22. The van der Waals surface area contributed by atoms with Crippen LogP contribution in [0.3, 0.4) is 0 Å². The molecule has 0 unspecified atom stereocenters. The van der Waals surface area contributed by atoms with Crippen molar-refractivity contribution in [2.24, 2.45) is 0 Å². The zero-order valence-corrected chi connectivity index (χ0v) is 16.0. The van der Waals surface area contributed by atoms with E-state index in [2.05, 4.69) is 26.2 Å². The quantitative estimate of drug-likeness (QED) is 0.782. The van der Waals surface area contributed by atoms with Crippen molar-refractivity contribution >= 4 is 37.5 Å². The number of nitrogens with zero attached hydrogens (tertiary/aromatic N) is 1. The summed E-state index contributed by atoms with van der Waals surface area (Å²) in [5.41, 5.74) is 1.75. The van der Waals surface area contributed by atoms with Crippen LogP contribution in [0, 0.1) is 6.92 Å². The van der Waals surface area contributed by atoms with Crippen molar-refractivity contribution in [3.8, 4) is 0 Å². The minimum atomic E-state index is -3.63. The summed E-state index contributed by atoms with van der Waals surface area (Å²) in [4.78, 5) is 15.2. The highest BCUT2D eigenvalue weighted by Gasteiger charge is 2.28. The second-order valence-corrected chi connectivity index (χ2v) is 8.53. The van der Waals surface area contributed by atoms with Gasteiger partial charge in [-0.05, 0) is 30.7 Å². The Kier molecular flexibility index (Phi) is 5.28. The molecule has 0 spiro atoms. The number of aromatic amines is 1. The summed E-state index contributed by atoms with van der Waals surface area (Å²) in [5.74, 6) is -0.398. The molecule has 1 aromatic heterocycles. The molecule has 25 heavy (non-hydrogen) atoms. The van der Waals surface area contributed by atoms with Gasteiger partial charge in [0.15, 0.2) is 0 Å². The third-order valence-electron chi connectivity index (χ3n) is 3.96. The number of amides is 1. The molecule has 1 saturated heterocycles. The van der Waals surface area contributed by atoms with Crippen molar-refractivity contribution < 1.29 is 17.9 Å². The molecule has 0 atom stereocenters. The number of hydrogen-bond donors (Lipinski definition) is 2. The molecule has 2 N–H and O–H groups in total. The summed E-state index contributed by atoms with van der Waals surface area (Å²) in [5, 5.41) is 2.78. The topological polar surface area (TPSA) is 91.5 Å². The largest absolute Gasteiger partial charge is 0.379 e. The predicted octanol–water partition coefficient (Wildman–Crippen LogP) is 2.36. The van der Waals surface area contributed by atoms with E-state index in [9.17, 15) is 13.2 Å². The summed E-state index contributed by atoms with van der Waals surface area (Å²) in [6.07, 6.45) is 1.34. The molecule has 1 amide bonds. The van der Waals surface area contributed by atoms with Gasteiger partial charge in [-0.2, -0.15) is 4.31 Å². The van der Waals surface area contributed by atoms with Crippen LogP contribution < -0.4 is 5.32 Å². The van der Waals surface area contributed by atoms with Crippen LogP contribution in [-0.4, -0.2) is 49.9 Å². The fourth-order valence-electron chi connectivity index (χ4n) is 2.51. The normalized spacial score (nSPS) is 15.9. The van der Waals surface area contributed by atoms with Crippen molar-refractivity contribution in [1.29, 1.82) is 0 Å². The van der Waals surface area contributed by atoms with Gasteiger partial charge in [0, 0.05) is 29.4 Å².